The molecule has 0 spiro atoms. The Labute approximate surface area is 130 Å². The molecule has 1 aromatic rings. The number of thioether (sulfide) groups is 1. The summed E-state index contributed by atoms with van der Waals surface area (Å²) in [5.74, 6) is 0.150. The van der Waals surface area contributed by atoms with E-state index in [1.165, 1.54) is 25.7 Å². The largest absolute Gasteiger partial charge is 0.352 e. The van der Waals surface area contributed by atoms with E-state index in [-0.39, 0.29) is 11.2 Å². The lowest BCUT2D eigenvalue weighted by molar-refractivity contribution is -0.121. The Morgan fingerprint density at radius 3 is 2.40 bits per heavy atom. The van der Waals surface area contributed by atoms with Gasteiger partial charge in [0.1, 0.15) is 0 Å². The molecule has 0 radical (unpaired) electrons. The Balaban J connectivity index is 1.83. The fourth-order valence-electron chi connectivity index (χ4n) is 2.51. The van der Waals surface area contributed by atoms with Crippen molar-refractivity contribution in [2.45, 2.75) is 61.6 Å². The SMILES string of the molecule is C[C@@H](Sc1ccc(Cl)cc1)C(=O)NC1CCCCCC1. The summed E-state index contributed by atoms with van der Waals surface area (Å²) in [5.41, 5.74) is 0. The number of carbonyl (C=O) groups is 1. The van der Waals surface area contributed by atoms with Gasteiger partial charge in [0.2, 0.25) is 5.91 Å². The molecule has 1 aromatic carbocycles. The quantitative estimate of drug-likeness (QED) is 0.647. The summed E-state index contributed by atoms with van der Waals surface area (Å²) in [4.78, 5) is 13.3. The topological polar surface area (TPSA) is 29.1 Å². The van der Waals surface area contributed by atoms with Gasteiger partial charge in [-0.2, -0.15) is 0 Å². The molecule has 1 aliphatic rings. The first-order valence-corrected chi connectivity index (χ1v) is 8.63. The molecule has 2 rings (SSSR count). The third-order valence-electron chi connectivity index (χ3n) is 3.70. The summed E-state index contributed by atoms with van der Waals surface area (Å²) in [6.07, 6.45) is 7.35. The first kappa shape index (κ1) is 15.7. The molecule has 0 unspecified atom stereocenters. The van der Waals surface area contributed by atoms with Crippen LogP contribution in [0.1, 0.15) is 45.4 Å². The van der Waals surface area contributed by atoms with Gasteiger partial charge < -0.3 is 5.32 Å². The van der Waals surface area contributed by atoms with Crippen molar-refractivity contribution in [3.05, 3.63) is 29.3 Å². The molecule has 1 saturated carbocycles. The highest BCUT2D eigenvalue weighted by Gasteiger charge is 2.19. The monoisotopic (exact) mass is 311 g/mol. The Kier molecular flexibility index (Phi) is 6.24. The zero-order chi connectivity index (χ0) is 14.4. The fraction of sp³-hybridized carbons (Fsp3) is 0.562. The predicted octanol–water partition coefficient (Wildman–Crippen LogP) is 4.66. The number of rotatable bonds is 4. The zero-order valence-electron chi connectivity index (χ0n) is 11.9. The van der Waals surface area contributed by atoms with Crippen molar-refractivity contribution in [2.75, 3.05) is 0 Å². The number of amides is 1. The van der Waals surface area contributed by atoms with Crippen LogP contribution in [-0.4, -0.2) is 17.2 Å². The van der Waals surface area contributed by atoms with E-state index in [0.29, 0.717) is 6.04 Å². The van der Waals surface area contributed by atoms with E-state index in [1.54, 1.807) is 11.8 Å². The maximum Gasteiger partial charge on any atom is 0.233 e. The van der Waals surface area contributed by atoms with Gasteiger partial charge in [-0.05, 0) is 44.0 Å². The van der Waals surface area contributed by atoms with Crippen molar-refractivity contribution in [1.29, 1.82) is 0 Å². The third-order valence-corrected chi connectivity index (χ3v) is 5.06. The van der Waals surface area contributed by atoms with Gasteiger partial charge in [-0.15, -0.1) is 11.8 Å². The summed E-state index contributed by atoms with van der Waals surface area (Å²) < 4.78 is 0. The molecule has 0 aliphatic heterocycles. The molecule has 1 aliphatic carbocycles. The molecule has 4 heteroatoms. The fourth-order valence-corrected chi connectivity index (χ4v) is 3.52. The molecule has 1 amide bonds. The summed E-state index contributed by atoms with van der Waals surface area (Å²) in [6.45, 7) is 1.96. The minimum atomic E-state index is -0.0700. The smallest absolute Gasteiger partial charge is 0.233 e. The van der Waals surface area contributed by atoms with Gasteiger partial charge in [-0.3, -0.25) is 4.79 Å². The highest BCUT2D eigenvalue weighted by atomic mass is 35.5. The van der Waals surface area contributed by atoms with Crippen LogP contribution in [-0.2, 0) is 4.79 Å². The molecule has 1 atom stereocenters. The van der Waals surface area contributed by atoms with Crippen LogP contribution in [0.4, 0.5) is 0 Å². The highest BCUT2D eigenvalue weighted by molar-refractivity contribution is 8.00. The minimum absolute atomic E-state index is 0.0700. The Bertz CT molecular complexity index is 427. The number of nitrogens with one attached hydrogen (secondary N) is 1. The van der Waals surface area contributed by atoms with Crippen molar-refractivity contribution in [1.82, 2.24) is 5.32 Å². The van der Waals surface area contributed by atoms with Crippen LogP contribution in [0.3, 0.4) is 0 Å². The summed E-state index contributed by atoms with van der Waals surface area (Å²) in [7, 11) is 0. The standard InChI is InChI=1S/C16H22ClNOS/c1-12(20-15-10-8-13(17)9-11-15)16(19)18-14-6-4-2-3-5-7-14/h8-12,14H,2-7H2,1H3,(H,18,19)/t12-/m1/s1. The number of hydrogen-bond donors (Lipinski definition) is 1. The van der Waals surface area contributed by atoms with E-state index in [9.17, 15) is 4.79 Å². The third kappa shape index (κ3) is 5.02. The number of halogens is 1. The first-order valence-electron chi connectivity index (χ1n) is 7.38. The van der Waals surface area contributed by atoms with Crippen LogP contribution in [0, 0.1) is 0 Å². The van der Waals surface area contributed by atoms with Crippen LogP contribution in [0.15, 0.2) is 29.2 Å². The molecular weight excluding hydrogens is 290 g/mol. The van der Waals surface area contributed by atoms with E-state index < -0.39 is 0 Å². The lowest BCUT2D eigenvalue weighted by Gasteiger charge is -2.19. The van der Waals surface area contributed by atoms with E-state index in [1.807, 2.05) is 31.2 Å². The Hall–Kier alpha value is -0.670. The van der Waals surface area contributed by atoms with Crippen LogP contribution in [0.5, 0.6) is 0 Å². The molecule has 1 N–H and O–H groups in total. The van der Waals surface area contributed by atoms with Crippen LogP contribution in [0.25, 0.3) is 0 Å². The molecule has 1 fully saturated rings. The van der Waals surface area contributed by atoms with Crippen molar-refractivity contribution < 1.29 is 4.79 Å². The molecular formula is C16H22ClNOS. The number of benzene rings is 1. The van der Waals surface area contributed by atoms with Crippen LogP contribution >= 0.6 is 23.4 Å². The van der Waals surface area contributed by atoms with Crippen LogP contribution < -0.4 is 5.32 Å². The molecule has 0 saturated heterocycles. The normalized spacial score (nSPS) is 18.3. The predicted molar refractivity (Wildman–Crippen MR) is 86.4 cm³/mol. The Morgan fingerprint density at radius 2 is 1.80 bits per heavy atom. The average Bonchev–Trinajstić information content (AvgIpc) is 2.70. The number of carbonyl (C=O) groups excluding carboxylic acids is 1. The van der Waals surface area contributed by atoms with Crippen molar-refractivity contribution in [3.63, 3.8) is 0 Å². The summed E-state index contributed by atoms with van der Waals surface area (Å²) in [5, 5.41) is 3.86. The lowest BCUT2D eigenvalue weighted by atomic mass is 10.1. The molecule has 0 bridgehead atoms. The van der Waals surface area contributed by atoms with Gasteiger partial charge in [0.05, 0.1) is 5.25 Å². The second-order valence-corrected chi connectivity index (χ2v) is 7.26. The molecule has 0 aromatic heterocycles. The molecule has 2 nitrogen and oxygen atoms in total. The summed E-state index contributed by atoms with van der Waals surface area (Å²) in [6, 6.07) is 8.02. The second kappa shape index (κ2) is 7.94. The van der Waals surface area contributed by atoms with E-state index in [4.69, 9.17) is 11.6 Å². The van der Waals surface area contributed by atoms with Crippen molar-refractivity contribution in [2.24, 2.45) is 0 Å². The maximum atomic E-state index is 12.2. The summed E-state index contributed by atoms with van der Waals surface area (Å²) >= 11 is 7.45. The van der Waals surface area contributed by atoms with Gasteiger partial charge in [-0.1, -0.05) is 37.3 Å². The molecule has 0 heterocycles. The van der Waals surface area contributed by atoms with Gasteiger partial charge in [0, 0.05) is 16.0 Å². The van der Waals surface area contributed by atoms with Gasteiger partial charge in [-0.25, -0.2) is 0 Å². The van der Waals surface area contributed by atoms with Crippen molar-refractivity contribution >= 4 is 29.3 Å². The second-order valence-electron chi connectivity index (χ2n) is 5.41. The number of hydrogen-bond acceptors (Lipinski definition) is 2. The zero-order valence-corrected chi connectivity index (χ0v) is 13.5. The average molecular weight is 312 g/mol. The van der Waals surface area contributed by atoms with E-state index in [0.717, 1.165) is 22.8 Å². The Morgan fingerprint density at radius 1 is 1.20 bits per heavy atom. The first-order chi connectivity index (χ1) is 9.65. The minimum Gasteiger partial charge on any atom is -0.352 e. The van der Waals surface area contributed by atoms with E-state index in [2.05, 4.69) is 5.32 Å². The van der Waals surface area contributed by atoms with Gasteiger partial charge in [0.15, 0.2) is 0 Å². The van der Waals surface area contributed by atoms with Crippen LogP contribution in [0.2, 0.25) is 5.02 Å². The van der Waals surface area contributed by atoms with E-state index >= 15 is 0 Å². The molecule has 20 heavy (non-hydrogen) atoms. The maximum absolute atomic E-state index is 12.2. The lowest BCUT2D eigenvalue weighted by Crippen LogP contribution is -2.39. The van der Waals surface area contributed by atoms with Crippen molar-refractivity contribution in [3.8, 4) is 0 Å². The van der Waals surface area contributed by atoms with Gasteiger partial charge >= 0.3 is 0 Å². The molecule has 110 valence electrons. The highest BCUT2D eigenvalue weighted by Crippen LogP contribution is 2.25. The van der Waals surface area contributed by atoms with Gasteiger partial charge in [0.25, 0.3) is 0 Å².